The Labute approximate surface area is 88.9 Å². The van der Waals surface area contributed by atoms with Crippen LogP contribution in [0.3, 0.4) is 0 Å². The maximum Gasteiger partial charge on any atom is 0.159 e. The molecule has 0 aliphatic carbocycles. The van der Waals surface area contributed by atoms with E-state index in [1.54, 1.807) is 0 Å². The van der Waals surface area contributed by atoms with Gasteiger partial charge < -0.3 is 10.8 Å². The Bertz CT molecular complexity index is 333. The molecule has 0 spiro atoms. The van der Waals surface area contributed by atoms with Crippen molar-refractivity contribution in [2.24, 2.45) is 5.73 Å². The highest BCUT2D eigenvalue weighted by atomic mass is 79.9. The number of aliphatic hydroxyl groups is 1. The molecule has 78 valence electrons. The number of rotatable bonds is 3. The molecule has 5 heteroatoms. The molecule has 1 rings (SSSR count). The lowest BCUT2D eigenvalue weighted by atomic mass is 10.1. The largest absolute Gasteiger partial charge is 0.396 e. The van der Waals surface area contributed by atoms with Gasteiger partial charge in [0.25, 0.3) is 0 Å². The van der Waals surface area contributed by atoms with Gasteiger partial charge in [-0.15, -0.1) is 0 Å². The van der Waals surface area contributed by atoms with E-state index in [1.165, 1.54) is 0 Å². The third-order valence-corrected chi connectivity index (χ3v) is 2.57. The number of nitrogens with two attached hydrogens (primary N) is 1. The Kier molecular flexibility index (Phi) is 3.97. The standard InChI is InChI=1S/C9H10BrF2NO/c10-6-4-8(12)7(11)3-5(6)9(13)1-2-14/h3-4,9,14H,1-2,13H2/t9-/m0/s1. The zero-order chi connectivity index (χ0) is 10.7. The van der Waals surface area contributed by atoms with Crippen LogP contribution in [0.4, 0.5) is 8.78 Å². The lowest BCUT2D eigenvalue weighted by molar-refractivity contribution is 0.276. The van der Waals surface area contributed by atoms with E-state index in [0.29, 0.717) is 16.5 Å². The van der Waals surface area contributed by atoms with Crippen molar-refractivity contribution in [2.75, 3.05) is 6.61 Å². The monoisotopic (exact) mass is 265 g/mol. The van der Waals surface area contributed by atoms with Crippen LogP contribution in [-0.4, -0.2) is 11.7 Å². The molecule has 2 nitrogen and oxygen atoms in total. The van der Waals surface area contributed by atoms with Gasteiger partial charge in [-0.2, -0.15) is 0 Å². The first kappa shape index (κ1) is 11.6. The second kappa shape index (κ2) is 4.82. The molecule has 1 aromatic rings. The van der Waals surface area contributed by atoms with Crippen LogP contribution in [0.5, 0.6) is 0 Å². The van der Waals surface area contributed by atoms with E-state index in [-0.39, 0.29) is 6.61 Å². The van der Waals surface area contributed by atoms with Gasteiger partial charge in [0, 0.05) is 17.1 Å². The van der Waals surface area contributed by atoms with E-state index in [4.69, 9.17) is 10.8 Å². The van der Waals surface area contributed by atoms with Crippen molar-refractivity contribution in [2.45, 2.75) is 12.5 Å². The van der Waals surface area contributed by atoms with E-state index in [2.05, 4.69) is 15.9 Å². The van der Waals surface area contributed by atoms with Gasteiger partial charge in [-0.05, 0) is 24.1 Å². The van der Waals surface area contributed by atoms with Crippen LogP contribution in [0.15, 0.2) is 16.6 Å². The molecule has 1 aromatic carbocycles. The predicted molar refractivity (Wildman–Crippen MR) is 52.7 cm³/mol. The van der Waals surface area contributed by atoms with Crippen LogP contribution in [0.25, 0.3) is 0 Å². The normalized spacial score (nSPS) is 12.9. The van der Waals surface area contributed by atoms with Gasteiger partial charge >= 0.3 is 0 Å². The van der Waals surface area contributed by atoms with Crippen molar-refractivity contribution >= 4 is 15.9 Å². The smallest absolute Gasteiger partial charge is 0.159 e. The Morgan fingerprint density at radius 2 is 1.93 bits per heavy atom. The third-order valence-electron chi connectivity index (χ3n) is 1.88. The van der Waals surface area contributed by atoms with E-state index >= 15 is 0 Å². The maximum absolute atomic E-state index is 12.8. The molecule has 0 unspecified atom stereocenters. The number of hydrogen-bond donors (Lipinski definition) is 2. The van der Waals surface area contributed by atoms with Crippen LogP contribution in [0.2, 0.25) is 0 Å². The highest BCUT2D eigenvalue weighted by Crippen LogP contribution is 2.26. The van der Waals surface area contributed by atoms with Crippen LogP contribution in [0, 0.1) is 11.6 Å². The first-order chi connectivity index (χ1) is 6.56. The molecule has 0 bridgehead atoms. The summed E-state index contributed by atoms with van der Waals surface area (Å²) >= 11 is 3.08. The van der Waals surface area contributed by atoms with Crippen molar-refractivity contribution in [3.63, 3.8) is 0 Å². The number of aliphatic hydroxyl groups excluding tert-OH is 1. The van der Waals surface area contributed by atoms with Crippen molar-refractivity contribution < 1.29 is 13.9 Å². The van der Waals surface area contributed by atoms with Crippen molar-refractivity contribution in [1.29, 1.82) is 0 Å². The summed E-state index contributed by atoms with van der Waals surface area (Å²) < 4.78 is 26.0. The minimum absolute atomic E-state index is 0.0907. The second-order valence-electron chi connectivity index (χ2n) is 2.91. The minimum Gasteiger partial charge on any atom is -0.396 e. The van der Waals surface area contributed by atoms with E-state index in [0.717, 1.165) is 12.1 Å². The van der Waals surface area contributed by atoms with Crippen molar-refractivity contribution in [1.82, 2.24) is 0 Å². The lowest BCUT2D eigenvalue weighted by Crippen LogP contribution is -2.13. The van der Waals surface area contributed by atoms with Crippen LogP contribution in [-0.2, 0) is 0 Å². The fraction of sp³-hybridized carbons (Fsp3) is 0.333. The first-order valence-corrected chi connectivity index (χ1v) is 4.86. The maximum atomic E-state index is 12.8. The predicted octanol–water partition coefficient (Wildman–Crippen LogP) is 2.11. The van der Waals surface area contributed by atoms with Gasteiger partial charge in [-0.1, -0.05) is 15.9 Å². The summed E-state index contributed by atoms with van der Waals surface area (Å²) in [5, 5.41) is 8.65. The summed E-state index contributed by atoms with van der Waals surface area (Å²) in [5.74, 6) is -1.85. The molecule has 14 heavy (non-hydrogen) atoms. The first-order valence-electron chi connectivity index (χ1n) is 4.07. The summed E-state index contributed by atoms with van der Waals surface area (Å²) in [6.07, 6.45) is 0.309. The molecule has 1 atom stereocenters. The molecule has 0 saturated heterocycles. The fourth-order valence-corrected chi connectivity index (χ4v) is 1.73. The molecule has 3 N–H and O–H groups in total. The highest BCUT2D eigenvalue weighted by Gasteiger charge is 2.13. The number of benzene rings is 1. The molecule has 0 aromatic heterocycles. The topological polar surface area (TPSA) is 46.2 Å². The van der Waals surface area contributed by atoms with Crippen LogP contribution >= 0.6 is 15.9 Å². The molecule has 0 amide bonds. The Hall–Kier alpha value is -0.520. The van der Waals surface area contributed by atoms with Crippen LogP contribution in [0.1, 0.15) is 18.0 Å². The average Bonchev–Trinajstić information content (AvgIpc) is 2.11. The summed E-state index contributed by atoms with van der Waals surface area (Å²) in [5.41, 5.74) is 6.10. The Morgan fingerprint density at radius 1 is 1.36 bits per heavy atom. The summed E-state index contributed by atoms with van der Waals surface area (Å²) in [4.78, 5) is 0. The summed E-state index contributed by atoms with van der Waals surface area (Å²) in [7, 11) is 0. The average molecular weight is 266 g/mol. The van der Waals surface area contributed by atoms with Crippen LogP contribution < -0.4 is 5.73 Å². The van der Waals surface area contributed by atoms with E-state index in [1.807, 2.05) is 0 Å². The molecule has 0 heterocycles. The molecule has 0 radical (unpaired) electrons. The summed E-state index contributed by atoms with van der Waals surface area (Å²) in [6.45, 7) is -0.0907. The SMILES string of the molecule is N[C@@H](CCO)c1cc(F)c(F)cc1Br. The van der Waals surface area contributed by atoms with Gasteiger partial charge in [0.05, 0.1) is 0 Å². The summed E-state index contributed by atoms with van der Waals surface area (Å²) in [6, 6.07) is 1.58. The third kappa shape index (κ3) is 2.50. The number of hydrogen-bond acceptors (Lipinski definition) is 2. The minimum atomic E-state index is -0.934. The van der Waals surface area contributed by atoms with Gasteiger partial charge in [-0.25, -0.2) is 8.78 Å². The van der Waals surface area contributed by atoms with Gasteiger partial charge in [-0.3, -0.25) is 0 Å². The number of halogens is 3. The molecular formula is C9H10BrF2NO. The lowest BCUT2D eigenvalue weighted by Gasteiger charge is -2.12. The van der Waals surface area contributed by atoms with Gasteiger partial charge in [0.1, 0.15) is 0 Å². The molecule has 0 fully saturated rings. The quantitative estimate of drug-likeness (QED) is 0.823. The van der Waals surface area contributed by atoms with E-state index < -0.39 is 17.7 Å². The van der Waals surface area contributed by atoms with E-state index in [9.17, 15) is 8.78 Å². The van der Waals surface area contributed by atoms with Gasteiger partial charge in [0.15, 0.2) is 11.6 Å². The fourth-order valence-electron chi connectivity index (χ4n) is 1.12. The molecule has 0 aliphatic heterocycles. The van der Waals surface area contributed by atoms with Gasteiger partial charge in [0.2, 0.25) is 0 Å². The second-order valence-corrected chi connectivity index (χ2v) is 3.76. The highest BCUT2D eigenvalue weighted by molar-refractivity contribution is 9.10. The van der Waals surface area contributed by atoms with Crippen molar-refractivity contribution in [3.8, 4) is 0 Å². The molecule has 0 saturated carbocycles. The Morgan fingerprint density at radius 3 is 2.50 bits per heavy atom. The zero-order valence-corrected chi connectivity index (χ0v) is 8.89. The molecular weight excluding hydrogens is 256 g/mol. The Balaban J connectivity index is 3.02. The van der Waals surface area contributed by atoms with Crippen molar-refractivity contribution in [3.05, 3.63) is 33.8 Å². The molecule has 0 aliphatic rings. The zero-order valence-electron chi connectivity index (χ0n) is 7.30.